The average Bonchev–Trinajstić information content (AvgIpc) is 3.00. The summed E-state index contributed by atoms with van der Waals surface area (Å²) in [5, 5.41) is 11.6. The zero-order chi connectivity index (χ0) is 18.2. The second-order valence-corrected chi connectivity index (χ2v) is 7.76. The third kappa shape index (κ3) is 6.09. The van der Waals surface area contributed by atoms with Crippen LogP contribution >= 0.6 is 34.7 Å². The third-order valence-corrected chi connectivity index (χ3v) is 5.44. The molecule has 1 aromatic heterocycles. The lowest BCUT2D eigenvalue weighted by Crippen LogP contribution is -2.30. The summed E-state index contributed by atoms with van der Waals surface area (Å²) in [7, 11) is 0. The normalized spacial score (nSPS) is 11.4. The average molecular weight is 395 g/mol. The molecule has 2 rings (SSSR count). The van der Waals surface area contributed by atoms with Crippen molar-refractivity contribution < 1.29 is 14.3 Å². The van der Waals surface area contributed by atoms with Gasteiger partial charge < -0.3 is 10.1 Å². The van der Waals surface area contributed by atoms with Crippen LogP contribution in [0, 0.1) is 11.3 Å². The molecule has 0 aliphatic rings. The van der Waals surface area contributed by atoms with Crippen molar-refractivity contribution in [3.63, 3.8) is 0 Å². The zero-order valence-electron chi connectivity index (χ0n) is 13.3. The van der Waals surface area contributed by atoms with Crippen LogP contribution in [0.4, 0.5) is 5.69 Å². The van der Waals surface area contributed by atoms with Crippen LogP contribution in [0.3, 0.4) is 0 Å². The number of halogens is 1. The van der Waals surface area contributed by atoms with Gasteiger partial charge in [-0.3, -0.25) is 9.59 Å². The number of carbonyl (C=O) groups is 2. The number of thiophene rings is 1. The minimum Gasteiger partial charge on any atom is -0.452 e. The van der Waals surface area contributed by atoms with Crippen LogP contribution < -0.4 is 5.32 Å². The van der Waals surface area contributed by atoms with E-state index in [2.05, 4.69) is 5.32 Å². The van der Waals surface area contributed by atoms with E-state index >= 15 is 0 Å². The van der Waals surface area contributed by atoms with Gasteiger partial charge in [0.05, 0.1) is 21.3 Å². The fourth-order valence-corrected chi connectivity index (χ4v) is 3.88. The van der Waals surface area contributed by atoms with E-state index in [-0.39, 0.29) is 5.75 Å². The van der Waals surface area contributed by atoms with Crippen molar-refractivity contribution >= 4 is 52.3 Å². The Balaban J connectivity index is 1.78. The fraction of sp³-hybridized carbons (Fsp3) is 0.235. The minimum atomic E-state index is -0.948. The van der Waals surface area contributed by atoms with Gasteiger partial charge in [-0.25, -0.2) is 0 Å². The lowest BCUT2D eigenvalue weighted by Gasteiger charge is -2.14. The summed E-state index contributed by atoms with van der Waals surface area (Å²) in [6.45, 7) is 1.49. The maximum Gasteiger partial charge on any atom is 0.316 e. The maximum absolute atomic E-state index is 12.1. The van der Waals surface area contributed by atoms with Gasteiger partial charge in [0.25, 0.3) is 5.91 Å². The monoisotopic (exact) mass is 394 g/mol. The molecule has 0 saturated carbocycles. The van der Waals surface area contributed by atoms with Gasteiger partial charge in [0.15, 0.2) is 6.10 Å². The number of benzene rings is 1. The Labute approximate surface area is 158 Å². The highest BCUT2D eigenvalue weighted by Crippen LogP contribution is 2.25. The van der Waals surface area contributed by atoms with E-state index in [4.69, 9.17) is 21.6 Å². The molecule has 25 heavy (non-hydrogen) atoms. The van der Waals surface area contributed by atoms with E-state index in [1.165, 1.54) is 30.0 Å². The van der Waals surface area contributed by atoms with Crippen LogP contribution in [0.25, 0.3) is 0 Å². The van der Waals surface area contributed by atoms with Crippen LogP contribution in [-0.4, -0.2) is 23.7 Å². The number of rotatable bonds is 7. The van der Waals surface area contributed by atoms with Gasteiger partial charge in [-0.05, 0) is 31.2 Å². The van der Waals surface area contributed by atoms with Gasteiger partial charge in [0, 0.05) is 10.6 Å². The molecule has 5 nitrogen and oxygen atoms in total. The number of hydrogen-bond donors (Lipinski definition) is 1. The summed E-state index contributed by atoms with van der Waals surface area (Å²) >= 11 is 8.71. The zero-order valence-corrected chi connectivity index (χ0v) is 15.7. The standard InChI is InChI=1S/C17H15ClN2O3S2/c1-11(17(22)20-14-5-3-2-4-12(14)8-19)23-16(21)10-24-9-13-6-7-15(18)25-13/h2-7,11H,9-10H2,1H3,(H,20,22)/t11-/m0/s1. The van der Waals surface area contributed by atoms with E-state index in [0.29, 0.717) is 21.3 Å². The van der Waals surface area contributed by atoms with Crippen molar-refractivity contribution in [2.45, 2.75) is 18.8 Å². The first-order chi connectivity index (χ1) is 12.0. The first-order valence-electron chi connectivity index (χ1n) is 7.31. The Bertz CT molecular complexity index is 801. The van der Waals surface area contributed by atoms with E-state index in [1.807, 2.05) is 18.2 Å². The molecular weight excluding hydrogens is 380 g/mol. The predicted octanol–water partition coefficient (Wildman–Crippen LogP) is 4.08. The lowest BCUT2D eigenvalue weighted by molar-refractivity contribution is -0.150. The smallest absolute Gasteiger partial charge is 0.316 e. The molecule has 0 spiro atoms. The second kappa shape index (κ2) is 9.47. The molecule has 0 aliphatic carbocycles. The highest BCUT2D eigenvalue weighted by molar-refractivity contribution is 7.99. The number of thioether (sulfide) groups is 1. The van der Waals surface area contributed by atoms with Gasteiger partial charge in [-0.2, -0.15) is 5.26 Å². The fourth-order valence-electron chi connectivity index (χ4n) is 1.87. The molecule has 0 radical (unpaired) electrons. The molecule has 1 aromatic carbocycles. The first kappa shape index (κ1) is 19.3. The Morgan fingerprint density at radius 1 is 1.36 bits per heavy atom. The molecule has 130 valence electrons. The van der Waals surface area contributed by atoms with Crippen LogP contribution in [0.1, 0.15) is 17.4 Å². The maximum atomic E-state index is 12.1. The van der Waals surface area contributed by atoms with Crippen molar-refractivity contribution in [1.29, 1.82) is 5.26 Å². The Kier molecular flexibility index (Phi) is 7.31. The van der Waals surface area contributed by atoms with Crippen molar-refractivity contribution in [3.8, 4) is 6.07 Å². The van der Waals surface area contributed by atoms with E-state index in [0.717, 1.165) is 4.88 Å². The Morgan fingerprint density at radius 3 is 2.80 bits per heavy atom. The molecule has 0 unspecified atom stereocenters. The van der Waals surface area contributed by atoms with Gasteiger partial charge in [0.1, 0.15) is 6.07 Å². The molecule has 0 fully saturated rings. The third-order valence-electron chi connectivity index (χ3n) is 3.08. The number of hydrogen-bond acceptors (Lipinski definition) is 6. The summed E-state index contributed by atoms with van der Waals surface area (Å²) in [6, 6.07) is 12.3. The van der Waals surface area contributed by atoms with Crippen molar-refractivity contribution in [2.24, 2.45) is 0 Å². The summed E-state index contributed by atoms with van der Waals surface area (Å²) < 4.78 is 5.83. The first-order valence-corrected chi connectivity index (χ1v) is 9.66. The number of carbonyl (C=O) groups excluding carboxylic acids is 2. The van der Waals surface area contributed by atoms with Crippen molar-refractivity contribution in [3.05, 3.63) is 51.2 Å². The largest absolute Gasteiger partial charge is 0.452 e. The van der Waals surface area contributed by atoms with Crippen molar-refractivity contribution in [2.75, 3.05) is 11.1 Å². The van der Waals surface area contributed by atoms with Gasteiger partial charge in [-0.1, -0.05) is 23.7 Å². The van der Waals surface area contributed by atoms with Gasteiger partial charge in [-0.15, -0.1) is 23.1 Å². The molecule has 0 aliphatic heterocycles. The van der Waals surface area contributed by atoms with Crippen molar-refractivity contribution in [1.82, 2.24) is 0 Å². The number of nitriles is 1. The Morgan fingerprint density at radius 2 is 2.12 bits per heavy atom. The quantitative estimate of drug-likeness (QED) is 0.716. The predicted molar refractivity (Wildman–Crippen MR) is 101 cm³/mol. The molecule has 0 bridgehead atoms. The number of ether oxygens (including phenoxy) is 1. The summed E-state index contributed by atoms with van der Waals surface area (Å²) in [5.41, 5.74) is 0.737. The van der Waals surface area contributed by atoms with Crippen LogP contribution in [-0.2, 0) is 20.1 Å². The van der Waals surface area contributed by atoms with Crippen LogP contribution in [0.15, 0.2) is 36.4 Å². The number of anilines is 1. The Hall–Kier alpha value is -2.01. The molecule has 1 N–H and O–H groups in total. The summed E-state index contributed by atoms with van der Waals surface area (Å²) in [6.07, 6.45) is -0.948. The molecule has 0 saturated heterocycles. The topological polar surface area (TPSA) is 79.2 Å². The summed E-state index contributed by atoms with van der Waals surface area (Å²) in [5.74, 6) is -0.153. The highest BCUT2D eigenvalue weighted by atomic mass is 35.5. The number of nitrogens with one attached hydrogen (secondary N) is 1. The van der Waals surface area contributed by atoms with Gasteiger partial charge in [0.2, 0.25) is 0 Å². The molecule has 1 atom stereocenters. The van der Waals surface area contributed by atoms with E-state index in [1.54, 1.807) is 24.3 Å². The number of para-hydroxylation sites is 1. The lowest BCUT2D eigenvalue weighted by atomic mass is 10.2. The molecular formula is C17H15ClN2O3S2. The number of amides is 1. The van der Waals surface area contributed by atoms with E-state index in [9.17, 15) is 9.59 Å². The van der Waals surface area contributed by atoms with Crippen LogP contribution in [0.5, 0.6) is 0 Å². The minimum absolute atomic E-state index is 0.141. The van der Waals surface area contributed by atoms with Gasteiger partial charge >= 0.3 is 5.97 Å². The van der Waals surface area contributed by atoms with Crippen LogP contribution in [0.2, 0.25) is 4.34 Å². The molecule has 8 heteroatoms. The number of nitrogens with zero attached hydrogens (tertiary/aromatic N) is 1. The SMILES string of the molecule is C[C@H](OC(=O)CSCc1ccc(Cl)s1)C(=O)Nc1ccccc1C#N. The molecule has 1 amide bonds. The molecule has 2 aromatic rings. The van der Waals surface area contributed by atoms with E-state index < -0.39 is 18.0 Å². The summed E-state index contributed by atoms with van der Waals surface area (Å²) in [4.78, 5) is 25.0. The highest BCUT2D eigenvalue weighted by Gasteiger charge is 2.19. The second-order valence-electron chi connectivity index (χ2n) is 4.98. The molecule has 1 heterocycles. The number of esters is 1.